The summed E-state index contributed by atoms with van der Waals surface area (Å²) in [6, 6.07) is 23.6. The number of fused-ring (bicyclic) bond motifs is 1. The van der Waals surface area contributed by atoms with Crippen molar-refractivity contribution in [2.45, 2.75) is 25.6 Å². The van der Waals surface area contributed by atoms with Gasteiger partial charge in [0.1, 0.15) is 5.75 Å². The summed E-state index contributed by atoms with van der Waals surface area (Å²) >= 11 is 1.47. The maximum absolute atomic E-state index is 13.1. The second-order valence-electron chi connectivity index (χ2n) is 7.38. The normalized spacial score (nSPS) is 11.6. The van der Waals surface area contributed by atoms with E-state index in [9.17, 15) is 23.1 Å². The molecular formula is C25H20F3NO2S. The summed E-state index contributed by atoms with van der Waals surface area (Å²) in [5.41, 5.74) is 1.54. The number of halogens is 3. The van der Waals surface area contributed by atoms with Crippen molar-refractivity contribution in [3.05, 3.63) is 83.7 Å². The second-order valence-corrected chi connectivity index (χ2v) is 8.55. The van der Waals surface area contributed by atoms with Gasteiger partial charge in [0.15, 0.2) is 0 Å². The van der Waals surface area contributed by atoms with E-state index in [1.54, 1.807) is 12.1 Å². The van der Waals surface area contributed by atoms with Gasteiger partial charge in [0.05, 0.1) is 18.7 Å². The molecule has 1 aromatic heterocycles. The SMILES string of the molecule is O=C(CCC(F)(F)F)N(Cc1cc2ccccc2s1)c1c(O)cccc1-c1ccccc1. The Morgan fingerprint density at radius 1 is 0.938 bits per heavy atom. The third-order valence-electron chi connectivity index (χ3n) is 5.08. The van der Waals surface area contributed by atoms with Gasteiger partial charge in [-0.3, -0.25) is 4.79 Å². The lowest BCUT2D eigenvalue weighted by Crippen LogP contribution is -2.31. The number of aromatic hydroxyl groups is 1. The quantitative estimate of drug-likeness (QED) is 0.335. The summed E-state index contributed by atoms with van der Waals surface area (Å²) in [5.74, 6) is -0.855. The Hall–Kier alpha value is -3.32. The highest BCUT2D eigenvalue weighted by atomic mass is 32.1. The molecule has 0 aliphatic carbocycles. The smallest absolute Gasteiger partial charge is 0.389 e. The predicted octanol–water partition coefficient (Wildman–Crippen LogP) is 7.15. The van der Waals surface area contributed by atoms with Crippen LogP contribution in [0.2, 0.25) is 0 Å². The van der Waals surface area contributed by atoms with Crippen LogP contribution in [0.3, 0.4) is 0 Å². The van der Waals surface area contributed by atoms with Crippen molar-refractivity contribution in [2.24, 2.45) is 0 Å². The number of carbonyl (C=O) groups is 1. The van der Waals surface area contributed by atoms with Crippen LogP contribution in [0.25, 0.3) is 21.2 Å². The van der Waals surface area contributed by atoms with Crippen LogP contribution in [-0.4, -0.2) is 17.2 Å². The second kappa shape index (κ2) is 9.04. The molecule has 164 valence electrons. The molecule has 1 N–H and O–H groups in total. The van der Waals surface area contributed by atoms with Gasteiger partial charge >= 0.3 is 6.18 Å². The summed E-state index contributed by atoms with van der Waals surface area (Å²) in [5, 5.41) is 11.7. The number of phenols is 1. The van der Waals surface area contributed by atoms with Crippen molar-refractivity contribution in [3.63, 3.8) is 0 Å². The summed E-state index contributed by atoms with van der Waals surface area (Å²) in [7, 11) is 0. The average molecular weight is 456 g/mol. The number of para-hydroxylation sites is 1. The van der Waals surface area contributed by atoms with Gasteiger partial charge in [-0.2, -0.15) is 13.2 Å². The molecule has 0 bridgehead atoms. The Morgan fingerprint density at radius 3 is 2.38 bits per heavy atom. The molecule has 3 aromatic carbocycles. The highest BCUT2D eigenvalue weighted by Gasteiger charge is 2.31. The van der Waals surface area contributed by atoms with Crippen molar-refractivity contribution in [3.8, 4) is 16.9 Å². The first-order valence-corrected chi connectivity index (χ1v) is 10.9. The number of alkyl halides is 3. The van der Waals surface area contributed by atoms with Crippen LogP contribution < -0.4 is 4.90 Å². The molecule has 0 atom stereocenters. The van der Waals surface area contributed by atoms with E-state index in [4.69, 9.17) is 0 Å². The van der Waals surface area contributed by atoms with Crippen LogP contribution in [-0.2, 0) is 11.3 Å². The fourth-order valence-electron chi connectivity index (χ4n) is 3.61. The molecule has 0 saturated carbocycles. The zero-order valence-corrected chi connectivity index (χ0v) is 17.8. The summed E-state index contributed by atoms with van der Waals surface area (Å²) in [6.07, 6.45) is -6.36. The number of anilines is 1. The fourth-order valence-corrected chi connectivity index (χ4v) is 4.67. The molecule has 1 heterocycles. The van der Waals surface area contributed by atoms with Gasteiger partial charge in [0, 0.05) is 21.6 Å². The fraction of sp³-hybridized carbons (Fsp3) is 0.160. The molecule has 0 aliphatic heterocycles. The van der Waals surface area contributed by atoms with Crippen LogP contribution in [0.15, 0.2) is 78.9 Å². The topological polar surface area (TPSA) is 40.5 Å². The van der Waals surface area contributed by atoms with Crippen molar-refractivity contribution in [2.75, 3.05) is 4.90 Å². The molecular weight excluding hydrogens is 435 g/mol. The maximum atomic E-state index is 13.1. The van der Waals surface area contributed by atoms with Gasteiger partial charge in [-0.1, -0.05) is 60.7 Å². The number of phenolic OH excluding ortho intramolecular Hbond substituents is 1. The van der Waals surface area contributed by atoms with Crippen LogP contribution in [0.1, 0.15) is 17.7 Å². The van der Waals surface area contributed by atoms with Gasteiger partial charge in [-0.25, -0.2) is 0 Å². The molecule has 0 unspecified atom stereocenters. The highest BCUT2D eigenvalue weighted by Crippen LogP contribution is 2.40. The van der Waals surface area contributed by atoms with Gasteiger partial charge in [-0.15, -0.1) is 11.3 Å². The van der Waals surface area contributed by atoms with Gasteiger partial charge < -0.3 is 10.0 Å². The molecule has 3 nitrogen and oxygen atoms in total. The highest BCUT2D eigenvalue weighted by molar-refractivity contribution is 7.19. The molecule has 0 fully saturated rings. The van der Waals surface area contributed by atoms with E-state index in [2.05, 4.69) is 0 Å². The Kier molecular flexibility index (Phi) is 6.19. The number of hydrogen-bond acceptors (Lipinski definition) is 3. The molecule has 7 heteroatoms. The predicted molar refractivity (Wildman–Crippen MR) is 122 cm³/mol. The van der Waals surface area contributed by atoms with E-state index in [-0.39, 0.29) is 18.0 Å². The van der Waals surface area contributed by atoms with E-state index in [1.165, 1.54) is 22.3 Å². The summed E-state index contributed by atoms with van der Waals surface area (Å²) in [4.78, 5) is 15.2. The number of carbonyl (C=O) groups excluding carboxylic acids is 1. The van der Waals surface area contributed by atoms with Crippen molar-refractivity contribution < 1.29 is 23.1 Å². The first-order chi connectivity index (χ1) is 15.3. The molecule has 0 aliphatic rings. The Labute approximate surface area is 187 Å². The molecule has 0 radical (unpaired) electrons. The molecule has 1 amide bonds. The van der Waals surface area contributed by atoms with Gasteiger partial charge in [0.25, 0.3) is 0 Å². The number of thiophene rings is 1. The summed E-state index contributed by atoms with van der Waals surface area (Å²) in [6.45, 7) is 0.0629. The minimum absolute atomic E-state index is 0.0629. The Bertz CT molecular complexity index is 1200. The van der Waals surface area contributed by atoms with Gasteiger partial charge in [-0.05, 0) is 29.1 Å². The minimum atomic E-state index is -4.44. The number of nitrogens with zero attached hydrogens (tertiary/aromatic N) is 1. The zero-order valence-electron chi connectivity index (χ0n) is 17.0. The monoisotopic (exact) mass is 455 g/mol. The van der Waals surface area contributed by atoms with Crippen LogP contribution in [0.4, 0.5) is 18.9 Å². The number of rotatable bonds is 6. The first-order valence-electron chi connectivity index (χ1n) is 10.0. The molecule has 4 aromatic rings. The lowest BCUT2D eigenvalue weighted by Gasteiger charge is -2.26. The number of amides is 1. The summed E-state index contributed by atoms with van der Waals surface area (Å²) < 4.78 is 39.6. The van der Waals surface area contributed by atoms with E-state index in [1.807, 2.05) is 60.7 Å². The molecule has 4 rings (SSSR count). The van der Waals surface area contributed by atoms with Crippen molar-refractivity contribution in [1.82, 2.24) is 0 Å². The third-order valence-corrected chi connectivity index (χ3v) is 6.18. The zero-order chi connectivity index (χ0) is 22.7. The van der Waals surface area contributed by atoms with E-state index in [0.717, 1.165) is 20.5 Å². The average Bonchev–Trinajstić information content (AvgIpc) is 3.19. The van der Waals surface area contributed by atoms with Crippen molar-refractivity contribution in [1.29, 1.82) is 0 Å². The van der Waals surface area contributed by atoms with Crippen molar-refractivity contribution >= 4 is 33.0 Å². The van der Waals surface area contributed by atoms with E-state index in [0.29, 0.717) is 5.56 Å². The van der Waals surface area contributed by atoms with E-state index < -0.39 is 24.9 Å². The molecule has 0 saturated heterocycles. The minimum Gasteiger partial charge on any atom is -0.506 e. The van der Waals surface area contributed by atoms with Gasteiger partial charge in [0.2, 0.25) is 5.91 Å². The lowest BCUT2D eigenvalue weighted by atomic mass is 10.0. The maximum Gasteiger partial charge on any atom is 0.389 e. The van der Waals surface area contributed by atoms with Crippen LogP contribution in [0, 0.1) is 0 Å². The first kappa shape index (κ1) is 21.9. The largest absolute Gasteiger partial charge is 0.506 e. The van der Waals surface area contributed by atoms with Crippen LogP contribution >= 0.6 is 11.3 Å². The Morgan fingerprint density at radius 2 is 1.66 bits per heavy atom. The lowest BCUT2D eigenvalue weighted by molar-refractivity contribution is -0.143. The molecule has 32 heavy (non-hydrogen) atoms. The standard InChI is InChI=1S/C25H20F3NO2S/c26-25(27,28)14-13-23(31)29(16-19-15-18-9-4-5-12-22(18)32-19)24-20(10-6-11-21(24)30)17-7-2-1-3-8-17/h1-12,15,30H,13-14,16H2. The number of benzene rings is 3. The van der Waals surface area contributed by atoms with Crippen LogP contribution in [0.5, 0.6) is 5.75 Å². The Balaban J connectivity index is 1.78. The number of hydrogen-bond donors (Lipinski definition) is 1. The third kappa shape index (κ3) is 4.94. The van der Waals surface area contributed by atoms with E-state index >= 15 is 0 Å². The molecule has 0 spiro atoms.